The lowest BCUT2D eigenvalue weighted by Gasteiger charge is -2.11. The first-order valence-electron chi connectivity index (χ1n) is 7.57. The van der Waals surface area contributed by atoms with Gasteiger partial charge in [-0.2, -0.15) is 0 Å². The van der Waals surface area contributed by atoms with Crippen molar-refractivity contribution in [3.63, 3.8) is 0 Å². The molecule has 0 N–H and O–H groups in total. The van der Waals surface area contributed by atoms with E-state index in [9.17, 15) is 4.39 Å². The second-order valence-electron chi connectivity index (χ2n) is 5.75. The Morgan fingerprint density at radius 2 is 1.87 bits per heavy atom. The Bertz CT molecular complexity index is 929. The van der Waals surface area contributed by atoms with Crippen LogP contribution in [-0.2, 0) is 6.54 Å². The molecule has 0 saturated heterocycles. The summed E-state index contributed by atoms with van der Waals surface area (Å²) < 4.78 is 13.9. The van der Waals surface area contributed by atoms with Crippen molar-refractivity contribution in [1.82, 2.24) is 4.98 Å². The molecular weight excluding hydrogens is 287 g/mol. The van der Waals surface area contributed by atoms with Crippen LogP contribution in [0.4, 0.5) is 4.39 Å². The van der Waals surface area contributed by atoms with Crippen LogP contribution in [0.15, 0.2) is 59.7 Å². The van der Waals surface area contributed by atoms with Crippen molar-refractivity contribution in [1.29, 1.82) is 0 Å². The molecule has 0 unspecified atom stereocenters. The van der Waals surface area contributed by atoms with Gasteiger partial charge in [0.25, 0.3) is 0 Å². The topological polar surface area (TPSA) is 25.2 Å². The Hall–Kier alpha value is -2.81. The van der Waals surface area contributed by atoms with Gasteiger partial charge < -0.3 is 0 Å². The average molecular weight is 302 g/mol. The van der Waals surface area contributed by atoms with Crippen molar-refractivity contribution in [2.45, 2.75) is 13.5 Å². The van der Waals surface area contributed by atoms with E-state index in [0.717, 1.165) is 34.5 Å². The number of nitrogens with zero attached hydrogens (tertiary/aromatic N) is 2. The van der Waals surface area contributed by atoms with E-state index in [1.807, 2.05) is 24.4 Å². The number of aliphatic imine (C=N–C) groups is 1. The molecule has 0 saturated carbocycles. The van der Waals surface area contributed by atoms with Crippen LogP contribution in [0.25, 0.3) is 22.4 Å². The third kappa shape index (κ3) is 2.44. The number of hydrogen-bond donors (Lipinski definition) is 0. The standard InChI is InChI=1S/C20H15FN2/c1-13-4-5-15(10-19(13)21)20-18(3-2-8-23-20)14-6-7-16-11-22-12-17(16)9-14/h2-10,12H,11H2,1H3. The molecule has 0 radical (unpaired) electrons. The number of benzene rings is 2. The van der Waals surface area contributed by atoms with E-state index in [1.54, 1.807) is 25.3 Å². The summed E-state index contributed by atoms with van der Waals surface area (Å²) in [6.07, 6.45) is 3.64. The van der Waals surface area contributed by atoms with Crippen molar-refractivity contribution in [3.8, 4) is 22.4 Å². The highest BCUT2D eigenvalue weighted by molar-refractivity contribution is 5.89. The molecule has 1 aliphatic heterocycles. The maximum absolute atomic E-state index is 13.9. The number of pyridine rings is 1. The van der Waals surface area contributed by atoms with Crippen molar-refractivity contribution in [3.05, 3.63) is 77.2 Å². The molecule has 0 amide bonds. The molecule has 3 aromatic rings. The van der Waals surface area contributed by atoms with Crippen LogP contribution in [-0.4, -0.2) is 11.2 Å². The SMILES string of the molecule is Cc1ccc(-c2ncccc2-c2ccc3c(c2)C=NC3)cc1F. The second kappa shape index (κ2) is 5.43. The Kier molecular flexibility index (Phi) is 3.27. The maximum Gasteiger partial charge on any atom is 0.126 e. The highest BCUT2D eigenvalue weighted by Crippen LogP contribution is 2.32. The molecule has 0 aliphatic carbocycles. The van der Waals surface area contributed by atoms with Crippen LogP contribution in [0, 0.1) is 12.7 Å². The Labute approximate surface area is 134 Å². The molecule has 0 bridgehead atoms. The predicted octanol–water partition coefficient (Wildman–Crippen LogP) is 4.80. The van der Waals surface area contributed by atoms with E-state index in [4.69, 9.17) is 0 Å². The molecule has 3 heteroatoms. The molecule has 2 heterocycles. The van der Waals surface area contributed by atoms with Crippen molar-refractivity contribution >= 4 is 6.21 Å². The van der Waals surface area contributed by atoms with E-state index in [-0.39, 0.29) is 5.82 Å². The minimum Gasteiger partial charge on any atom is -0.288 e. The molecule has 23 heavy (non-hydrogen) atoms. The summed E-state index contributed by atoms with van der Waals surface area (Å²) in [5, 5.41) is 0. The maximum atomic E-state index is 13.9. The van der Waals surface area contributed by atoms with E-state index in [1.165, 1.54) is 5.56 Å². The lowest BCUT2D eigenvalue weighted by atomic mass is 9.96. The van der Waals surface area contributed by atoms with E-state index >= 15 is 0 Å². The van der Waals surface area contributed by atoms with Gasteiger partial charge in [0, 0.05) is 23.5 Å². The van der Waals surface area contributed by atoms with Gasteiger partial charge >= 0.3 is 0 Å². The van der Waals surface area contributed by atoms with Gasteiger partial charge in [-0.3, -0.25) is 9.98 Å². The van der Waals surface area contributed by atoms with Crippen LogP contribution < -0.4 is 0 Å². The molecule has 0 atom stereocenters. The summed E-state index contributed by atoms with van der Waals surface area (Å²) in [6, 6.07) is 15.5. The monoisotopic (exact) mass is 302 g/mol. The Morgan fingerprint density at radius 1 is 1.00 bits per heavy atom. The molecule has 112 valence electrons. The minimum absolute atomic E-state index is 0.208. The summed E-state index contributed by atoms with van der Waals surface area (Å²) in [5.41, 5.74) is 6.67. The minimum atomic E-state index is -0.208. The van der Waals surface area contributed by atoms with Crippen LogP contribution in [0.5, 0.6) is 0 Å². The molecule has 1 aliphatic rings. The summed E-state index contributed by atoms with van der Waals surface area (Å²) in [7, 11) is 0. The predicted molar refractivity (Wildman–Crippen MR) is 91.1 cm³/mol. The summed E-state index contributed by atoms with van der Waals surface area (Å²) in [4.78, 5) is 8.79. The third-order valence-corrected chi connectivity index (χ3v) is 4.20. The first-order chi connectivity index (χ1) is 11.2. The van der Waals surface area contributed by atoms with Gasteiger partial charge in [0.15, 0.2) is 0 Å². The van der Waals surface area contributed by atoms with Gasteiger partial charge in [-0.25, -0.2) is 4.39 Å². The Balaban J connectivity index is 1.87. The summed E-state index contributed by atoms with van der Waals surface area (Å²) in [5.74, 6) is -0.208. The molecule has 4 rings (SSSR count). The molecule has 1 aromatic heterocycles. The zero-order valence-electron chi connectivity index (χ0n) is 12.8. The molecule has 0 spiro atoms. The zero-order valence-corrected chi connectivity index (χ0v) is 12.8. The van der Waals surface area contributed by atoms with Crippen LogP contribution in [0.3, 0.4) is 0 Å². The molecular formula is C20H15FN2. The molecule has 2 nitrogen and oxygen atoms in total. The van der Waals surface area contributed by atoms with Crippen LogP contribution in [0.1, 0.15) is 16.7 Å². The summed E-state index contributed by atoms with van der Waals surface area (Å²) >= 11 is 0. The van der Waals surface area contributed by atoms with Gasteiger partial charge in [0.1, 0.15) is 5.82 Å². The lowest BCUT2D eigenvalue weighted by Crippen LogP contribution is -1.92. The number of aromatic nitrogens is 1. The zero-order chi connectivity index (χ0) is 15.8. The van der Waals surface area contributed by atoms with Crippen LogP contribution >= 0.6 is 0 Å². The van der Waals surface area contributed by atoms with Crippen molar-refractivity contribution < 1.29 is 4.39 Å². The van der Waals surface area contributed by atoms with Gasteiger partial charge in [-0.15, -0.1) is 0 Å². The number of halogens is 1. The number of fused-ring (bicyclic) bond motifs is 1. The van der Waals surface area contributed by atoms with E-state index in [0.29, 0.717) is 5.56 Å². The smallest absolute Gasteiger partial charge is 0.126 e. The fourth-order valence-corrected chi connectivity index (χ4v) is 2.88. The fraction of sp³-hybridized carbons (Fsp3) is 0.100. The first kappa shape index (κ1) is 13.8. The molecule has 0 fully saturated rings. The van der Waals surface area contributed by atoms with Crippen LogP contribution in [0.2, 0.25) is 0 Å². The lowest BCUT2D eigenvalue weighted by molar-refractivity contribution is 0.619. The fourth-order valence-electron chi connectivity index (χ4n) is 2.88. The number of aryl methyl sites for hydroxylation is 1. The summed E-state index contributed by atoms with van der Waals surface area (Å²) in [6.45, 7) is 2.51. The number of rotatable bonds is 2. The van der Waals surface area contributed by atoms with E-state index in [2.05, 4.69) is 28.2 Å². The Morgan fingerprint density at radius 3 is 2.74 bits per heavy atom. The van der Waals surface area contributed by atoms with Gasteiger partial charge in [0.05, 0.1) is 12.2 Å². The van der Waals surface area contributed by atoms with E-state index < -0.39 is 0 Å². The normalized spacial score (nSPS) is 12.4. The quantitative estimate of drug-likeness (QED) is 0.668. The number of hydrogen-bond acceptors (Lipinski definition) is 2. The second-order valence-corrected chi connectivity index (χ2v) is 5.75. The van der Waals surface area contributed by atoms with Crippen molar-refractivity contribution in [2.75, 3.05) is 0 Å². The highest BCUT2D eigenvalue weighted by atomic mass is 19.1. The largest absolute Gasteiger partial charge is 0.288 e. The average Bonchev–Trinajstić information content (AvgIpc) is 3.05. The molecule has 2 aromatic carbocycles. The van der Waals surface area contributed by atoms with Crippen molar-refractivity contribution in [2.24, 2.45) is 4.99 Å². The van der Waals surface area contributed by atoms with Gasteiger partial charge in [0.2, 0.25) is 0 Å². The van der Waals surface area contributed by atoms with Gasteiger partial charge in [-0.1, -0.05) is 30.3 Å². The highest BCUT2D eigenvalue weighted by Gasteiger charge is 2.13. The third-order valence-electron chi connectivity index (χ3n) is 4.20. The first-order valence-corrected chi connectivity index (χ1v) is 7.57. The van der Waals surface area contributed by atoms with Gasteiger partial charge in [-0.05, 0) is 47.4 Å².